The number of thiophene rings is 1. The van der Waals surface area contributed by atoms with Crippen molar-refractivity contribution in [1.82, 2.24) is 9.62 Å². The third kappa shape index (κ3) is 4.16. The summed E-state index contributed by atoms with van der Waals surface area (Å²) in [5, 5.41) is 5.28. The van der Waals surface area contributed by atoms with Gasteiger partial charge in [0, 0.05) is 30.1 Å². The Morgan fingerprint density at radius 2 is 2.21 bits per heavy atom. The van der Waals surface area contributed by atoms with Gasteiger partial charge in [0.15, 0.2) is 0 Å². The van der Waals surface area contributed by atoms with Gasteiger partial charge < -0.3 is 5.32 Å². The molecule has 1 N–H and O–H groups in total. The first kappa shape index (κ1) is 16.9. The summed E-state index contributed by atoms with van der Waals surface area (Å²) in [6, 6.07) is 4.20. The molecule has 0 saturated carbocycles. The first-order valence-electron chi connectivity index (χ1n) is 6.26. The van der Waals surface area contributed by atoms with Crippen LogP contribution in [0.1, 0.15) is 18.7 Å². The van der Waals surface area contributed by atoms with E-state index in [1.54, 1.807) is 15.6 Å². The zero-order valence-electron chi connectivity index (χ0n) is 11.2. The summed E-state index contributed by atoms with van der Waals surface area (Å²) in [5.41, 5.74) is 0. The Morgan fingerprint density at radius 3 is 2.84 bits per heavy atom. The van der Waals surface area contributed by atoms with Gasteiger partial charge in [-0.1, -0.05) is 6.07 Å². The van der Waals surface area contributed by atoms with Gasteiger partial charge in [0.1, 0.15) is 0 Å². The molecule has 7 heteroatoms. The van der Waals surface area contributed by atoms with Gasteiger partial charge in [-0.15, -0.1) is 23.7 Å². The van der Waals surface area contributed by atoms with E-state index in [9.17, 15) is 8.42 Å². The summed E-state index contributed by atoms with van der Waals surface area (Å²) in [4.78, 5) is 1.13. The molecule has 19 heavy (non-hydrogen) atoms. The number of sulfonamides is 1. The maximum atomic E-state index is 12.3. The zero-order valence-corrected chi connectivity index (χ0v) is 13.7. The molecule has 110 valence electrons. The Labute approximate surface area is 125 Å². The first-order chi connectivity index (χ1) is 8.50. The van der Waals surface area contributed by atoms with Crippen molar-refractivity contribution >= 4 is 33.8 Å². The molecule has 2 heterocycles. The van der Waals surface area contributed by atoms with E-state index in [4.69, 9.17) is 0 Å². The largest absolute Gasteiger partial charge is 0.311 e. The van der Waals surface area contributed by atoms with Gasteiger partial charge in [-0.05, 0) is 31.7 Å². The van der Waals surface area contributed by atoms with Crippen molar-refractivity contribution in [3.05, 3.63) is 22.4 Å². The van der Waals surface area contributed by atoms with Crippen LogP contribution in [0.2, 0.25) is 0 Å². The Kier molecular flexibility index (Phi) is 6.26. The highest BCUT2D eigenvalue weighted by Crippen LogP contribution is 2.17. The number of rotatable bonds is 4. The smallest absolute Gasteiger partial charge is 0.214 e. The van der Waals surface area contributed by atoms with Gasteiger partial charge in [0.2, 0.25) is 10.0 Å². The molecule has 1 aliphatic rings. The minimum atomic E-state index is -3.14. The Balaban J connectivity index is 0.00000180. The van der Waals surface area contributed by atoms with Gasteiger partial charge in [-0.25, -0.2) is 8.42 Å². The van der Waals surface area contributed by atoms with Gasteiger partial charge >= 0.3 is 0 Å². The lowest BCUT2D eigenvalue weighted by molar-refractivity contribution is 0.233. The summed E-state index contributed by atoms with van der Waals surface area (Å²) in [6.45, 7) is 5.33. The molecule has 0 spiro atoms. The van der Waals surface area contributed by atoms with Crippen molar-refractivity contribution in [3.8, 4) is 0 Å². The van der Waals surface area contributed by atoms with Crippen LogP contribution in [0.3, 0.4) is 0 Å². The highest BCUT2D eigenvalue weighted by Gasteiger charge is 2.32. The molecular weight excluding hydrogens is 304 g/mol. The number of piperazine rings is 1. The third-order valence-corrected chi connectivity index (χ3v) is 6.41. The van der Waals surface area contributed by atoms with E-state index in [0.29, 0.717) is 13.0 Å². The van der Waals surface area contributed by atoms with Crippen LogP contribution < -0.4 is 5.32 Å². The second-order valence-electron chi connectivity index (χ2n) is 4.74. The Bertz CT molecular complexity index is 476. The van der Waals surface area contributed by atoms with Crippen LogP contribution in [-0.4, -0.2) is 43.6 Å². The third-order valence-electron chi connectivity index (χ3n) is 3.52. The fourth-order valence-electron chi connectivity index (χ4n) is 2.22. The average molecular weight is 325 g/mol. The second kappa shape index (κ2) is 7.04. The first-order valence-corrected chi connectivity index (χ1v) is 8.75. The van der Waals surface area contributed by atoms with Gasteiger partial charge in [-0.3, -0.25) is 0 Å². The number of nitrogens with zero attached hydrogens (tertiary/aromatic N) is 1. The zero-order chi connectivity index (χ0) is 13.2. The standard InChI is InChI=1S/C12H20N2O2S2.ClH/c1-10-11(2)14(7-6-13-10)18(15,16)9-5-12-4-3-8-17-12;/h3-4,8,10-11,13H,5-7,9H2,1-2H3;1H. The number of halogens is 1. The molecule has 0 amide bonds. The molecule has 0 bridgehead atoms. The lowest BCUT2D eigenvalue weighted by Crippen LogP contribution is -2.57. The van der Waals surface area contributed by atoms with E-state index in [2.05, 4.69) is 5.32 Å². The minimum absolute atomic E-state index is 0. The highest BCUT2D eigenvalue weighted by molar-refractivity contribution is 7.89. The predicted octanol–water partition coefficient (Wildman–Crippen LogP) is 1.72. The quantitative estimate of drug-likeness (QED) is 0.917. The van der Waals surface area contributed by atoms with Gasteiger partial charge in [0.05, 0.1) is 5.75 Å². The van der Waals surface area contributed by atoms with Crippen molar-refractivity contribution in [1.29, 1.82) is 0 Å². The molecule has 0 radical (unpaired) electrons. The van der Waals surface area contributed by atoms with E-state index >= 15 is 0 Å². The van der Waals surface area contributed by atoms with Gasteiger partial charge in [-0.2, -0.15) is 4.31 Å². The van der Waals surface area contributed by atoms with Crippen molar-refractivity contribution in [2.45, 2.75) is 32.4 Å². The van der Waals surface area contributed by atoms with Crippen LogP contribution in [0.15, 0.2) is 17.5 Å². The topological polar surface area (TPSA) is 49.4 Å². The molecule has 1 saturated heterocycles. The van der Waals surface area contributed by atoms with Crippen LogP contribution in [0.25, 0.3) is 0 Å². The van der Waals surface area contributed by atoms with E-state index in [-0.39, 0.29) is 30.2 Å². The average Bonchev–Trinajstić information content (AvgIpc) is 2.83. The molecule has 0 aromatic carbocycles. The van der Waals surface area contributed by atoms with E-state index in [1.165, 1.54) is 0 Å². The summed E-state index contributed by atoms with van der Waals surface area (Å²) < 4.78 is 26.3. The highest BCUT2D eigenvalue weighted by atomic mass is 35.5. The van der Waals surface area contributed by atoms with Crippen molar-refractivity contribution in [2.75, 3.05) is 18.8 Å². The monoisotopic (exact) mass is 324 g/mol. The molecule has 4 nitrogen and oxygen atoms in total. The SMILES string of the molecule is CC1NCCN(S(=O)(=O)CCc2cccs2)C1C.Cl. The number of aryl methyl sites for hydroxylation is 1. The molecule has 1 aromatic rings. The molecule has 1 aliphatic heterocycles. The van der Waals surface area contributed by atoms with Crippen molar-refractivity contribution in [2.24, 2.45) is 0 Å². The number of hydrogen-bond acceptors (Lipinski definition) is 4. The van der Waals surface area contributed by atoms with Crippen LogP contribution in [0, 0.1) is 0 Å². The minimum Gasteiger partial charge on any atom is -0.311 e. The Hall–Kier alpha value is -0.140. The molecular formula is C12H21ClN2O2S2. The van der Waals surface area contributed by atoms with Crippen LogP contribution in [-0.2, 0) is 16.4 Å². The van der Waals surface area contributed by atoms with Crippen LogP contribution >= 0.6 is 23.7 Å². The lowest BCUT2D eigenvalue weighted by Gasteiger charge is -2.37. The summed E-state index contributed by atoms with van der Waals surface area (Å²) >= 11 is 1.62. The molecule has 0 aliphatic carbocycles. The number of hydrogen-bond donors (Lipinski definition) is 1. The second-order valence-corrected chi connectivity index (χ2v) is 7.81. The van der Waals surface area contributed by atoms with Gasteiger partial charge in [0.25, 0.3) is 0 Å². The molecule has 1 fully saturated rings. The van der Waals surface area contributed by atoms with Crippen molar-refractivity contribution < 1.29 is 8.42 Å². The summed E-state index contributed by atoms with van der Waals surface area (Å²) in [7, 11) is -3.14. The fraction of sp³-hybridized carbons (Fsp3) is 0.667. The molecule has 2 unspecified atom stereocenters. The molecule has 2 atom stereocenters. The predicted molar refractivity (Wildman–Crippen MR) is 82.7 cm³/mol. The summed E-state index contributed by atoms with van der Waals surface area (Å²) in [5.74, 6) is 0.213. The number of nitrogens with one attached hydrogen (secondary N) is 1. The van der Waals surface area contributed by atoms with E-state index in [1.807, 2.05) is 31.4 Å². The summed E-state index contributed by atoms with van der Waals surface area (Å²) in [6.07, 6.45) is 0.616. The van der Waals surface area contributed by atoms with E-state index < -0.39 is 10.0 Å². The molecule has 1 aromatic heterocycles. The fourth-order valence-corrected chi connectivity index (χ4v) is 4.83. The Morgan fingerprint density at radius 1 is 1.47 bits per heavy atom. The van der Waals surface area contributed by atoms with E-state index in [0.717, 1.165) is 11.4 Å². The normalized spacial score (nSPS) is 24.9. The maximum absolute atomic E-state index is 12.3. The van der Waals surface area contributed by atoms with Crippen LogP contribution in [0.5, 0.6) is 0 Å². The molecule has 2 rings (SSSR count). The lowest BCUT2D eigenvalue weighted by atomic mass is 10.1. The van der Waals surface area contributed by atoms with Crippen molar-refractivity contribution in [3.63, 3.8) is 0 Å². The van der Waals surface area contributed by atoms with Crippen LogP contribution in [0.4, 0.5) is 0 Å². The maximum Gasteiger partial charge on any atom is 0.214 e.